The molecule has 2 rings (SSSR count). The molecule has 0 bridgehead atoms. The molecule has 0 saturated carbocycles. The summed E-state index contributed by atoms with van der Waals surface area (Å²) in [6, 6.07) is 6.55. The van der Waals surface area contributed by atoms with Crippen LogP contribution < -0.4 is 5.73 Å². The van der Waals surface area contributed by atoms with Crippen LogP contribution in [0.3, 0.4) is 0 Å². The van der Waals surface area contributed by atoms with E-state index in [0.29, 0.717) is 19.0 Å². The molecule has 0 spiro atoms. The first kappa shape index (κ1) is 13.5. The zero-order valence-electron chi connectivity index (χ0n) is 10.7. The van der Waals surface area contributed by atoms with Crippen LogP contribution in [0.5, 0.6) is 0 Å². The zero-order chi connectivity index (χ0) is 13.1. The molecule has 3 atom stereocenters. The molecule has 0 amide bonds. The van der Waals surface area contributed by atoms with Gasteiger partial charge in [-0.1, -0.05) is 19.1 Å². The van der Waals surface area contributed by atoms with Crippen LogP contribution in [0.2, 0.25) is 0 Å². The Morgan fingerprint density at radius 2 is 2.33 bits per heavy atom. The van der Waals surface area contributed by atoms with E-state index in [4.69, 9.17) is 5.73 Å². The maximum absolute atomic E-state index is 13.3. The Labute approximate surface area is 107 Å². The van der Waals surface area contributed by atoms with E-state index >= 15 is 0 Å². The third-order valence-corrected chi connectivity index (χ3v) is 3.85. The summed E-state index contributed by atoms with van der Waals surface area (Å²) >= 11 is 0. The van der Waals surface area contributed by atoms with Crippen LogP contribution in [0, 0.1) is 11.7 Å². The van der Waals surface area contributed by atoms with E-state index < -0.39 is 0 Å². The fraction of sp³-hybridized carbons (Fsp3) is 0.571. The number of β-amino-alcohol motifs (C(OH)–C–C–N with tert-alkyl or cyclic N) is 1. The van der Waals surface area contributed by atoms with Crippen molar-refractivity contribution in [3.8, 4) is 0 Å². The molecular formula is C14H21FN2O. The summed E-state index contributed by atoms with van der Waals surface area (Å²) < 4.78 is 13.3. The van der Waals surface area contributed by atoms with Crippen molar-refractivity contribution in [2.45, 2.75) is 25.5 Å². The van der Waals surface area contributed by atoms with Gasteiger partial charge in [-0.15, -0.1) is 0 Å². The van der Waals surface area contributed by atoms with Gasteiger partial charge < -0.3 is 10.8 Å². The lowest BCUT2D eigenvalue weighted by atomic mass is 9.93. The first-order chi connectivity index (χ1) is 8.61. The molecule has 0 radical (unpaired) electrons. The lowest BCUT2D eigenvalue weighted by molar-refractivity contribution is 0.0110. The molecule has 1 aromatic rings. The minimum atomic E-state index is -0.318. The van der Waals surface area contributed by atoms with Crippen LogP contribution in [0.1, 0.15) is 24.9 Å². The summed E-state index contributed by atoms with van der Waals surface area (Å²) in [5.41, 5.74) is 6.71. The van der Waals surface area contributed by atoms with Crippen LogP contribution in [-0.4, -0.2) is 35.7 Å². The molecule has 0 aliphatic carbocycles. The fourth-order valence-corrected chi connectivity index (χ4v) is 2.57. The highest BCUT2D eigenvalue weighted by Gasteiger charge is 2.29. The van der Waals surface area contributed by atoms with Gasteiger partial charge in [-0.3, -0.25) is 4.90 Å². The van der Waals surface area contributed by atoms with Crippen molar-refractivity contribution in [3.63, 3.8) is 0 Å². The van der Waals surface area contributed by atoms with E-state index in [-0.39, 0.29) is 18.0 Å². The lowest BCUT2D eigenvalue weighted by Gasteiger charge is -2.39. The summed E-state index contributed by atoms with van der Waals surface area (Å²) in [6.07, 6.45) is 0.633. The summed E-state index contributed by atoms with van der Waals surface area (Å²) in [6.45, 7) is 4.00. The number of halogens is 1. The predicted octanol–water partition coefficient (Wildman–Crippen LogP) is 1.53. The van der Waals surface area contributed by atoms with E-state index in [1.165, 1.54) is 12.1 Å². The molecule has 100 valence electrons. The number of nitrogens with two attached hydrogens (primary N) is 1. The number of nitrogens with zero attached hydrogens (tertiary/aromatic N) is 1. The maximum Gasteiger partial charge on any atom is 0.123 e. The molecular weight excluding hydrogens is 231 g/mol. The lowest BCUT2D eigenvalue weighted by Crippen LogP contribution is -2.46. The van der Waals surface area contributed by atoms with Crippen LogP contribution in [-0.2, 0) is 0 Å². The highest BCUT2D eigenvalue weighted by molar-refractivity contribution is 5.21. The number of piperidine rings is 1. The maximum atomic E-state index is 13.3. The number of rotatable bonds is 3. The highest BCUT2D eigenvalue weighted by atomic mass is 19.1. The van der Waals surface area contributed by atoms with Crippen molar-refractivity contribution >= 4 is 0 Å². The van der Waals surface area contributed by atoms with E-state index in [1.807, 2.05) is 6.07 Å². The van der Waals surface area contributed by atoms with Crippen molar-refractivity contribution < 1.29 is 9.50 Å². The molecule has 1 heterocycles. The smallest absolute Gasteiger partial charge is 0.123 e. The Hall–Kier alpha value is -0.970. The SMILES string of the molecule is CC1CCN(C(CN)c2cccc(F)c2)CC1O. The van der Waals surface area contributed by atoms with Crippen LogP contribution in [0.4, 0.5) is 4.39 Å². The number of aliphatic hydroxyl groups excluding tert-OH is 1. The molecule has 3 nitrogen and oxygen atoms in total. The number of likely N-dealkylation sites (tertiary alicyclic amines) is 1. The van der Waals surface area contributed by atoms with Gasteiger partial charge in [-0.25, -0.2) is 4.39 Å². The largest absolute Gasteiger partial charge is 0.392 e. The van der Waals surface area contributed by atoms with Gasteiger partial charge in [0.2, 0.25) is 0 Å². The van der Waals surface area contributed by atoms with Gasteiger partial charge in [0.05, 0.1) is 6.10 Å². The Morgan fingerprint density at radius 1 is 1.56 bits per heavy atom. The minimum Gasteiger partial charge on any atom is -0.392 e. The molecule has 0 aromatic heterocycles. The monoisotopic (exact) mass is 252 g/mol. The van der Waals surface area contributed by atoms with Gasteiger partial charge in [0.25, 0.3) is 0 Å². The fourth-order valence-electron chi connectivity index (χ4n) is 2.57. The summed E-state index contributed by atoms with van der Waals surface area (Å²) in [7, 11) is 0. The van der Waals surface area contributed by atoms with Crippen molar-refractivity contribution in [3.05, 3.63) is 35.6 Å². The number of hydrogen-bond donors (Lipinski definition) is 2. The molecule has 18 heavy (non-hydrogen) atoms. The third kappa shape index (κ3) is 2.88. The molecule has 3 unspecified atom stereocenters. The normalized spacial score (nSPS) is 27.1. The second-order valence-electron chi connectivity index (χ2n) is 5.13. The van der Waals surface area contributed by atoms with Crippen molar-refractivity contribution in [2.75, 3.05) is 19.6 Å². The van der Waals surface area contributed by atoms with Gasteiger partial charge in [0.1, 0.15) is 5.82 Å². The second kappa shape index (κ2) is 5.78. The van der Waals surface area contributed by atoms with Gasteiger partial charge in [-0.2, -0.15) is 0 Å². The highest BCUT2D eigenvalue weighted by Crippen LogP contribution is 2.26. The summed E-state index contributed by atoms with van der Waals surface area (Å²) in [4.78, 5) is 2.15. The van der Waals surface area contributed by atoms with Crippen molar-refractivity contribution in [1.82, 2.24) is 4.90 Å². The van der Waals surface area contributed by atoms with Gasteiger partial charge in [0, 0.05) is 19.1 Å². The first-order valence-corrected chi connectivity index (χ1v) is 6.49. The van der Waals surface area contributed by atoms with Crippen LogP contribution in [0.15, 0.2) is 24.3 Å². The third-order valence-electron chi connectivity index (χ3n) is 3.85. The van der Waals surface area contributed by atoms with Crippen LogP contribution >= 0.6 is 0 Å². The Balaban J connectivity index is 2.14. The molecule has 1 aromatic carbocycles. The van der Waals surface area contributed by atoms with E-state index in [1.54, 1.807) is 6.07 Å². The average Bonchev–Trinajstić information content (AvgIpc) is 2.35. The van der Waals surface area contributed by atoms with Gasteiger partial charge >= 0.3 is 0 Å². The molecule has 1 saturated heterocycles. The standard InChI is InChI=1S/C14H21FN2O/c1-10-5-6-17(9-14(10)18)13(8-16)11-3-2-4-12(15)7-11/h2-4,7,10,13-14,18H,5-6,8-9,16H2,1H3. The Kier molecular flexibility index (Phi) is 4.32. The number of benzene rings is 1. The van der Waals surface area contributed by atoms with E-state index in [2.05, 4.69) is 11.8 Å². The molecule has 1 aliphatic heterocycles. The van der Waals surface area contributed by atoms with Crippen molar-refractivity contribution in [1.29, 1.82) is 0 Å². The average molecular weight is 252 g/mol. The summed E-state index contributed by atoms with van der Waals surface area (Å²) in [5.74, 6) is 0.0871. The first-order valence-electron chi connectivity index (χ1n) is 6.49. The van der Waals surface area contributed by atoms with E-state index in [9.17, 15) is 9.50 Å². The number of aliphatic hydroxyl groups is 1. The zero-order valence-corrected chi connectivity index (χ0v) is 10.7. The van der Waals surface area contributed by atoms with Gasteiger partial charge in [-0.05, 0) is 36.6 Å². The quantitative estimate of drug-likeness (QED) is 0.857. The summed E-state index contributed by atoms with van der Waals surface area (Å²) in [5, 5.41) is 9.94. The molecule has 1 fully saturated rings. The second-order valence-corrected chi connectivity index (χ2v) is 5.13. The molecule has 1 aliphatic rings. The molecule has 4 heteroatoms. The topological polar surface area (TPSA) is 49.5 Å². The van der Waals surface area contributed by atoms with Crippen LogP contribution in [0.25, 0.3) is 0 Å². The number of hydrogen-bond acceptors (Lipinski definition) is 3. The Bertz CT molecular complexity index is 399. The Morgan fingerprint density at radius 3 is 2.94 bits per heavy atom. The van der Waals surface area contributed by atoms with E-state index in [0.717, 1.165) is 18.5 Å². The minimum absolute atomic E-state index is 0.0113. The molecule has 3 N–H and O–H groups in total. The van der Waals surface area contributed by atoms with Crippen molar-refractivity contribution in [2.24, 2.45) is 11.7 Å². The predicted molar refractivity (Wildman–Crippen MR) is 69.6 cm³/mol. The van der Waals surface area contributed by atoms with Gasteiger partial charge in [0.15, 0.2) is 0 Å².